The van der Waals surface area contributed by atoms with E-state index in [1.54, 1.807) is 17.5 Å². The van der Waals surface area contributed by atoms with E-state index >= 15 is 0 Å². The molecule has 0 aliphatic carbocycles. The van der Waals surface area contributed by atoms with Crippen molar-refractivity contribution in [2.75, 3.05) is 18.5 Å². The van der Waals surface area contributed by atoms with Crippen LogP contribution in [-0.4, -0.2) is 19.1 Å². The molecule has 100 valence electrons. The predicted molar refractivity (Wildman–Crippen MR) is 81.0 cm³/mol. The van der Waals surface area contributed by atoms with Crippen LogP contribution >= 0.6 is 27.3 Å². The van der Waals surface area contributed by atoms with Crippen molar-refractivity contribution in [2.45, 2.75) is 0 Å². The second-order valence-corrected chi connectivity index (χ2v) is 6.05. The fourth-order valence-corrected chi connectivity index (χ4v) is 2.61. The Morgan fingerprint density at radius 1 is 1.42 bits per heavy atom. The number of rotatable bonds is 5. The summed E-state index contributed by atoms with van der Waals surface area (Å²) in [5.41, 5.74) is 6.70. The van der Waals surface area contributed by atoms with Crippen molar-refractivity contribution in [3.8, 4) is 5.75 Å². The number of carbonyl (C=O) groups excluding carboxylic acids is 1. The lowest BCUT2D eigenvalue weighted by molar-refractivity contribution is 0.102. The Kier molecular flexibility index (Phi) is 4.95. The number of ether oxygens (including phenoxy) is 1. The summed E-state index contributed by atoms with van der Waals surface area (Å²) < 4.78 is 6.33. The molecule has 0 aliphatic rings. The average molecular weight is 341 g/mol. The van der Waals surface area contributed by atoms with Gasteiger partial charge in [-0.3, -0.25) is 4.79 Å². The first-order chi connectivity index (χ1) is 9.19. The highest BCUT2D eigenvalue weighted by Gasteiger charge is 2.08. The first-order valence-electron chi connectivity index (χ1n) is 5.67. The number of benzene rings is 1. The molecule has 0 fully saturated rings. The maximum absolute atomic E-state index is 12.0. The number of nitrogens with two attached hydrogens (primary N) is 1. The van der Waals surface area contributed by atoms with Crippen molar-refractivity contribution in [2.24, 2.45) is 5.73 Å². The van der Waals surface area contributed by atoms with Crippen LogP contribution in [-0.2, 0) is 0 Å². The molecule has 2 rings (SSSR count). The van der Waals surface area contributed by atoms with Gasteiger partial charge >= 0.3 is 0 Å². The lowest BCUT2D eigenvalue weighted by Gasteiger charge is -2.07. The van der Waals surface area contributed by atoms with Crippen LogP contribution in [0.4, 0.5) is 5.69 Å². The first-order valence-corrected chi connectivity index (χ1v) is 7.34. The largest absolute Gasteiger partial charge is 0.492 e. The van der Waals surface area contributed by atoms with E-state index in [0.717, 1.165) is 3.79 Å². The van der Waals surface area contributed by atoms with Crippen molar-refractivity contribution < 1.29 is 9.53 Å². The molecule has 1 aromatic carbocycles. The van der Waals surface area contributed by atoms with E-state index in [2.05, 4.69) is 21.2 Å². The van der Waals surface area contributed by atoms with Gasteiger partial charge in [-0.15, -0.1) is 11.3 Å². The zero-order chi connectivity index (χ0) is 13.7. The predicted octanol–water partition coefficient (Wildman–Crippen LogP) is 3.10. The van der Waals surface area contributed by atoms with Gasteiger partial charge in [0.15, 0.2) is 0 Å². The molecule has 0 unspecified atom stereocenters. The summed E-state index contributed by atoms with van der Waals surface area (Å²) in [7, 11) is 0. The Labute approximate surface area is 123 Å². The molecule has 0 aliphatic heterocycles. The minimum atomic E-state index is -0.141. The first kappa shape index (κ1) is 14.0. The third kappa shape index (κ3) is 4.05. The Morgan fingerprint density at radius 2 is 2.26 bits per heavy atom. The molecule has 3 N–H and O–H groups in total. The molecule has 4 nitrogen and oxygen atoms in total. The van der Waals surface area contributed by atoms with Gasteiger partial charge in [0.25, 0.3) is 5.91 Å². The smallest absolute Gasteiger partial charge is 0.256 e. The van der Waals surface area contributed by atoms with Crippen LogP contribution in [0.15, 0.2) is 39.5 Å². The van der Waals surface area contributed by atoms with Gasteiger partial charge in [-0.05, 0) is 34.1 Å². The zero-order valence-electron chi connectivity index (χ0n) is 10.1. The van der Waals surface area contributed by atoms with Gasteiger partial charge in [-0.2, -0.15) is 0 Å². The van der Waals surface area contributed by atoms with Crippen LogP contribution in [0.2, 0.25) is 0 Å². The van der Waals surface area contributed by atoms with Crippen LogP contribution in [0.1, 0.15) is 10.4 Å². The molecule has 6 heteroatoms. The van der Waals surface area contributed by atoms with Crippen LogP contribution in [0.25, 0.3) is 0 Å². The number of thiophene rings is 1. The second kappa shape index (κ2) is 6.70. The molecule has 0 spiro atoms. The Bertz CT molecular complexity index is 571. The SMILES string of the molecule is NCCOc1cccc(NC(=O)c2csc(Br)c2)c1. The van der Waals surface area contributed by atoms with E-state index in [-0.39, 0.29) is 5.91 Å². The average Bonchev–Trinajstić information content (AvgIpc) is 2.83. The third-order valence-electron chi connectivity index (χ3n) is 2.31. The molecule has 0 saturated carbocycles. The summed E-state index contributed by atoms with van der Waals surface area (Å²) in [5.74, 6) is 0.549. The molecule has 0 radical (unpaired) electrons. The van der Waals surface area contributed by atoms with Gasteiger partial charge in [-0.1, -0.05) is 6.07 Å². The number of carbonyl (C=O) groups is 1. The van der Waals surface area contributed by atoms with Crippen LogP contribution in [0, 0.1) is 0 Å². The lowest BCUT2D eigenvalue weighted by Crippen LogP contribution is -2.12. The summed E-state index contributed by atoms with van der Waals surface area (Å²) in [5, 5.41) is 4.62. The molecular formula is C13H13BrN2O2S. The number of amides is 1. The van der Waals surface area contributed by atoms with Crippen molar-refractivity contribution in [1.82, 2.24) is 0 Å². The van der Waals surface area contributed by atoms with Crippen LogP contribution in [0.3, 0.4) is 0 Å². The fraction of sp³-hybridized carbons (Fsp3) is 0.154. The molecule has 0 atom stereocenters. The van der Waals surface area contributed by atoms with Gasteiger partial charge in [0.05, 0.1) is 9.35 Å². The van der Waals surface area contributed by atoms with Gasteiger partial charge < -0.3 is 15.8 Å². The number of halogens is 1. The fourth-order valence-electron chi connectivity index (χ4n) is 1.47. The molecule has 19 heavy (non-hydrogen) atoms. The highest BCUT2D eigenvalue weighted by Crippen LogP contribution is 2.22. The number of hydrogen-bond acceptors (Lipinski definition) is 4. The number of anilines is 1. The third-order valence-corrected chi connectivity index (χ3v) is 3.81. The van der Waals surface area contributed by atoms with Crippen molar-refractivity contribution in [3.05, 3.63) is 45.1 Å². The summed E-state index contributed by atoms with van der Waals surface area (Å²) in [6, 6.07) is 9.02. The second-order valence-electron chi connectivity index (χ2n) is 3.76. The van der Waals surface area contributed by atoms with E-state index in [9.17, 15) is 4.79 Å². The molecule has 0 saturated heterocycles. The van der Waals surface area contributed by atoms with Gasteiger partial charge in [-0.25, -0.2) is 0 Å². The van der Waals surface area contributed by atoms with Gasteiger partial charge in [0, 0.05) is 23.7 Å². The Hall–Kier alpha value is -1.37. The highest BCUT2D eigenvalue weighted by atomic mass is 79.9. The quantitative estimate of drug-likeness (QED) is 0.878. The number of nitrogens with one attached hydrogen (secondary N) is 1. The zero-order valence-corrected chi connectivity index (χ0v) is 12.5. The van der Waals surface area contributed by atoms with E-state index in [4.69, 9.17) is 10.5 Å². The van der Waals surface area contributed by atoms with E-state index < -0.39 is 0 Å². The molecule has 1 amide bonds. The molecule has 2 aromatic rings. The van der Waals surface area contributed by atoms with Crippen molar-refractivity contribution >= 4 is 38.9 Å². The minimum Gasteiger partial charge on any atom is -0.492 e. The van der Waals surface area contributed by atoms with Crippen molar-refractivity contribution in [1.29, 1.82) is 0 Å². The minimum absolute atomic E-state index is 0.141. The van der Waals surface area contributed by atoms with Crippen LogP contribution in [0.5, 0.6) is 5.75 Å². The van der Waals surface area contributed by atoms with Crippen molar-refractivity contribution in [3.63, 3.8) is 0 Å². The Balaban J connectivity index is 2.04. The summed E-state index contributed by atoms with van der Waals surface area (Å²) >= 11 is 4.81. The number of hydrogen-bond donors (Lipinski definition) is 2. The lowest BCUT2D eigenvalue weighted by atomic mass is 10.2. The van der Waals surface area contributed by atoms with E-state index in [0.29, 0.717) is 30.2 Å². The van der Waals surface area contributed by atoms with E-state index in [1.807, 2.05) is 18.2 Å². The summed E-state index contributed by atoms with van der Waals surface area (Å²) in [4.78, 5) is 12.0. The maximum Gasteiger partial charge on any atom is 0.256 e. The van der Waals surface area contributed by atoms with E-state index in [1.165, 1.54) is 11.3 Å². The highest BCUT2D eigenvalue weighted by molar-refractivity contribution is 9.11. The standard InChI is InChI=1S/C13H13BrN2O2S/c14-12-6-9(8-19-12)13(17)16-10-2-1-3-11(7-10)18-5-4-15/h1-3,6-8H,4-5,15H2,(H,16,17). The topological polar surface area (TPSA) is 64.3 Å². The summed E-state index contributed by atoms with van der Waals surface area (Å²) in [6.45, 7) is 0.911. The molecular weight excluding hydrogens is 328 g/mol. The van der Waals surface area contributed by atoms with Gasteiger partial charge in [0.1, 0.15) is 12.4 Å². The van der Waals surface area contributed by atoms with Crippen LogP contribution < -0.4 is 15.8 Å². The van der Waals surface area contributed by atoms with Gasteiger partial charge in [0.2, 0.25) is 0 Å². The molecule has 1 heterocycles. The monoisotopic (exact) mass is 340 g/mol. The Morgan fingerprint density at radius 3 is 2.95 bits per heavy atom. The maximum atomic E-state index is 12.0. The molecule has 0 bridgehead atoms. The normalized spacial score (nSPS) is 10.2. The molecule has 1 aromatic heterocycles. The summed E-state index contributed by atoms with van der Waals surface area (Å²) in [6.07, 6.45) is 0.